The molecule has 238 valence electrons. The van der Waals surface area contributed by atoms with Crippen LogP contribution in [0.25, 0.3) is 5.76 Å². The summed E-state index contributed by atoms with van der Waals surface area (Å²) in [5.74, 6) is -0.752. The number of carbonyl (C=O) groups excluding carboxylic acids is 2. The number of Topliss-reactive ketones (excluding diaryl/α,β-unsaturated/α-hetero) is 1. The number of aromatic hydroxyl groups is 1. The molecular weight excluding hydrogens is 635 g/mol. The van der Waals surface area contributed by atoms with Crippen LogP contribution in [0.1, 0.15) is 40.8 Å². The maximum Gasteiger partial charge on any atom is 0.301 e. The second kappa shape index (κ2) is 14.1. The van der Waals surface area contributed by atoms with E-state index in [0.29, 0.717) is 33.6 Å². The van der Waals surface area contributed by atoms with Gasteiger partial charge in [0.15, 0.2) is 15.8 Å². The van der Waals surface area contributed by atoms with E-state index in [2.05, 4.69) is 10.2 Å². The lowest BCUT2D eigenvalue weighted by molar-refractivity contribution is -0.132. The summed E-state index contributed by atoms with van der Waals surface area (Å²) < 4.78 is 12.2. The van der Waals surface area contributed by atoms with Crippen molar-refractivity contribution in [2.75, 3.05) is 11.5 Å². The van der Waals surface area contributed by atoms with Gasteiger partial charge < -0.3 is 19.7 Å². The van der Waals surface area contributed by atoms with Crippen LogP contribution in [0, 0.1) is 6.92 Å². The molecule has 1 aromatic heterocycles. The Hall–Kier alpha value is -5.13. The van der Waals surface area contributed by atoms with E-state index in [-0.39, 0.29) is 34.6 Å². The maximum atomic E-state index is 13.7. The van der Waals surface area contributed by atoms with Gasteiger partial charge in [-0.2, -0.15) is 0 Å². The van der Waals surface area contributed by atoms with Crippen LogP contribution in [0.3, 0.4) is 0 Å². The molecule has 0 spiro atoms. The number of nitrogens with zero attached hydrogens (tertiary/aromatic N) is 3. The number of phenols is 1. The first-order valence-electron chi connectivity index (χ1n) is 14.9. The molecule has 11 heteroatoms. The summed E-state index contributed by atoms with van der Waals surface area (Å²) in [7, 11) is 0. The highest BCUT2D eigenvalue weighted by molar-refractivity contribution is 8.00. The van der Waals surface area contributed by atoms with Crippen molar-refractivity contribution in [1.82, 2.24) is 10.2 Å². The molecule has 1 amide bonds. The smallest absolute Gasteiger partial charge is 0.301 e. The van der Waals surface area contributed by atoms with E-state index in [0.717, 1.165) is 16.7 Å². The van der Waals surface area contributed by atoms with Crippen LogP contribution >= 0.6 is 23.1 Å². The van der Waals surface area contributed by atoms with Crippen LogP contribution in [0.5, 0.6) is 17.2 Å². The van der Waals surface area contributed by atoms with Gasteiger partial charge in [0.2, 0.25) is 5.13 Å². The van der Waals surface area contributed by atoms with Gasteiger partial charge in [-0.1, -0.05) is 89.3 Å². The third kappa shape index (κ3) is 7.01. The van der Waals surface area contributed by atoms with Gasteiger partial charge in [-0.25, -0.2) is 0 Å². The highest BCUT2D eigenvalue weighted by atomic mass is 32.2. The molecule has 0 aliphatic carbocycles. The Bertz CT molecular complexity index is 1940. The van der Waals surface area contributed by atoms with Gasteiger partial charge in [0.1, 0.15) is 18.1 Å². The standard InChI is InChI=1S/C36H31N3O6S2/c1-3-44-29-19-26(14-17-28(29)40)31-30(32(41)25-12-15-27(16-13-25)45-20-24-11-7-8-22(2)18-24)33(42)34(43)39(31)35-37-38-36(47-35)46-21-23-9-5-4-6-10-23/h4-19,31,40-41H,3,20-21H2,1-2H3/b32-30+. The van der Waals surface area contributed by atoms with Crippen molar-refractivity contribution in [3.05, 3.63) is 130 Å². The van der Waals surface area contributed by atoms with E-state index in [4.69, 9.17) is 9.47 Å². The van der Waals surface area contributed by atoms with Crippen molar-refractivity contribution in [3.63, 3.8) is 0 Å². The number of phenolic OH excluding ortho intramolecular Hbond substituents is 1. The van der Waals surface area contributed by atoms with Crippen LogP contribution in [0.4, 0.5) is 5.13 Å². The Morgan fingerprint density at radius 2 is 1.68 bits per heavy atom. The molecule has 1 aliphatic heterocycles. The summed E-state index contributed by atoms with van der Waals surface area (Å²) >= 11 is 2.65. The summed E-state index contributed by atoms with van der Waals surface area (Å²) in [6.45, 7) is 4.45. The quantitative estimate of drug-likeness (QED) is 0.0487. The number of carbonyl (C=O) groups is 2. The number of aryl methyl sites for hydroxylation is 1. The number of amides is 1. The van der Waals surface area contributed by atoms with Crippen molar-refractivity contribution in [3.8, 4) is 17.2 Å². The number of aromatic nitrogens is 2. The van der Waals surface area contributed by atoms with E-state index >= 15 is 0 Å². The van der Waals surface area contributed by atoms with Gasteiger partial charge in [-0.3, -0.25) is 14.5 Å². The van der Waals surface area contributed by atoms with Gasteiger partial charge in [-0.05, 0) is 66.9 Å². The molecule has 0 bridgehead atoms. The van der Waals surface area contributed by atoms with Crippen LogP contribution in [-0.4, -0.2) is 38.7 Å². The molecule has 9 nitrogen and oxygen atoms in total. The minimum absolute atomic E-state index is 0.0932. The molecule has 4 aromatic carbocycles. The van der Waals surface area contributed by atoms with Crippen LogP contribution in [0.2, 0.25) is 0 Å². The lowest BCUT2D eigenvalue weighted by Gasteiger charge is -2.23. The number of ketones is 1. The molecule has 1 fully saturated rings. The average Bonchev–Trinajstić information content (AvgIpc) is 3.66. The predicted octanol–water partition coefficient (Wildman–Crippen LogP) is 7.45. The first kappa shape index (κ1) is 31.8. The summed E-state index contributed by atoms with van der Waals surface area (Å²) in [6.07, 6.45) is 0. The normalized spacial score (nSPS) is 15.6. The first-order chi connectivity index (χ1) is 22.8. The van der Waals surface area contributed by atoms with E-state index < -0.39 is 17.7 Å². The molecule has 5 aromatic rings. The fourth-order valence-corrected chi connectivity index (χ4v) is 7.05. The highest BCUT2D eigenvalue weighted by Gasteiger charge is 2.48. The monoisotopic (exact) mass is 665 g/mol. The number of aliphatic hydroxyl groups is 1. The topological polar surface area (TPSA) is 122 Å². The molecule has 2 N–H and O–H groups in total. The number of aliphatic hydroxyl groups excluding tert-OH is 1. The second-order valence-electron chi connectivity index (χ2n) is 10.8. The van der Waals surface area contributed by atoms with Crippen LogP contribution in [0.15, 0.2) is 107 Å². The molecule has 1 unspecified atom stereocenters. The van der Waals surface area contributed by atoms with Crippen LogP contribution < -0.4 is 14.4 Å². The Labute approximate surface area is 280 Å². The predicted molar refractivity (Wildman–Crippen MR) is 182 cm³/mol. The number of ether oxygens (including phenoxy) is 2. The van der Waals surface area contributed by atoms with Gasteiger partial charge in [0.25, 0.3) is 5.78 Å². The van der Waals surface area contributed by atoms with Crippen molar-refractivity contribution in [1.29, 1.82) is 0 Å². The number of rotatable bonds is 11. The Morgan fingerprint density at radius 1 is 0.915 bits per heavy atom. The lowest BCUT2D eigenvalue weighted by atomic mass is 9.95. The lowest BCUT2D eigenvalue weighted by Crippen LogP contribution is -2.29. The molecule has 1 saturated heterocycles. The minimum Gasteiger partial charge on any atom is -0.507 e. The van der Waals surface area contributed by atoms with Crippen molar-refractivity contribution >= 4 is 45.7 Å². The number of thioether (sulfide) groups is 1. The number of hydrogen-bond donors (Lipinski definition) is 2. The number of benzene rings is 4. The third-order valence-corrected chi connectivity index (χ3v) is 9.59. The largest absolute Gasteiger partial charge is 0.507 e. The zero-order valence-electron chi connectivity index (χ0n) is 25.6. The average molecular weight is 666 g/mol. The SMILES string of the molecule is CCOc1cc(C2/C(=C(\O)c3ccc(OCc4cccc(C)c4)cc3)C(=O)C(=O)N2c2nnc(SCc3ccccc3)s2)ccc1O. The summed E-state index contributed by atoms with van der Waals surface area (Å²) in [4.78, 5) is 28.6. The van der Waals surface area contributed by atoms with E-state index in [1.54, 1.807) is 43.3 Å². The molecule has 47 heavy (non-hydrogen) atoms. The van der Waals surface area contributed by atoms with Gasteiger partial charge in [0, 0.05) is 11.3 Å². The Morgan fingerprint density at radius 3 is 2.43 bits per heavy atom. The van der Waals surface area contributed by atoms with Crippen LogP contribution in [-0.2, 0) is 21.9 Å². The maximum absolute atomic E-state index is 13.7. The molecule has 0 saturated carbocycles. The fourth-order valence-electron chi connectivity index (χ4n) is 5.23. The molecule has 1 aliphatic rings. The molecular formula is C36H31N3O6S2. The van der Waals surface area contributed by atoms with E-state index in [9.17, 15) is 19.8 Å². The molecule has 1 atom stereocenters. The van der Waals surface area contributed by atoms with Crippen molar-refractivity contribution < 1.29 is 29.3 Å². The highest BCUT2D eigenvalue weighted by Crippen LogP contribution is 2.45. The van der Waals surface area contributed by atoms with E-state index in [1.165, 1.54) is 34.1 Å². The van der Waals surface area contributed by atoms with Crippen molar-refractivity contribution in [2.24, 2.45) is 0 Å². The minimum atomic E-state index is -1.06. The van der Waals surface area contributed by atoms with Crippen molar-refractivity contribution in [2.45, 2.75) is 36.6 Å². The zero-order valence-corrected chi connectivity index (χ0v) is 27.3. The summed E-state index contributed by atoms with van der Waals surface area (Å²) in [5, 5.41) is 30.7. The van der Waals surface area contributed by atoms with Gasteiger partial charge in [-0.15, -0.1) is 10.2 Å². The Balaban J connectivity index is 1.34. The molecule has 0 radical (unpaired) electrons. The summed E-state index contributed by atoms with van der Waals surface area (Å²) in [5.41, 5.74) is 3.92. The summed E-state index contributed by atoms with van der Waals surface area (Å²) in [6, 6.07) is 28.1. The molecule has 2 heterocycles. The molecule has 6 rings (SSSR count). The third-order valence-electron chi connectivity index (χ3n) is 7.47. The Kier molecular flexibility index (Phi) is 9.55. The first-order valence-corrected chi connectivity index (χ1v) is 16.7. The zero-order chi connectivity index (χ0) is 32.9. The number of hydrogen-bond acceptors (Lipinski definition) is 10. The second-order valence-corrected chi connectivity index (χ2v) is 12.9. The number of anilines is 1. The van der Waals surface area contributed by atoms with Gasteiger partial charge in [0.05, 0.1) is 18.2 Å². The van der Waals surface area contributed by atoms with Gasteiger partial charge >= 0.3 is 5.91 Å². The fraction of sp³-hybridized carbons (Fsp3) is 0.167. The van der Waals surface area contributed by atoms with E-state index in [1.807, 2.05) is 61.5 Å².